The van der Waals surface area contributed by atoms with Crippen LogP contribution in [0.5, 0.6) is 0 Å². The maximum absolute atomic E-state index is 4.31. The molecule has 1 aromatic rings. The van der Waals surface area contributed by atoms with Crippen molar-refractivity contribution in [3.05, 3.63) is 5.01 Å². The quantitative estimate of drug-likeness (QED) is 0.904. The Bertz CT molecular complexity index is 427. The van der Waals surface area contributed by atoms with Gasteiger partial charge in [-0.25, -0.2) is 0 Å². The molecule has 0 saturated heterocycles. The summed E-state index contributed by atoms with van der Waals surface area (Å²) < 4.78 is 0. The Morgan fingerprint density at radius 3 is 2.35 bits per heavy atom. The Morgan fingerprint density at radius 1 is 1.20 bits per heavy atom. The van der Waals surface area contributed by atoms with Crippen molar-refractivity contribution in [2.45, 2.75) is 51.9 Å². The molecule has 1 saturated carbocycles. The summed E-state index contributed by atoms with van der Waals surface area (Å²) in [6.07, 6.45) is 5.37. The highest BCUT2D eigenvalue weighted by Gasteiger charge is 2.34. The van der Waals surface area contributed by atoms with Crippen LogP contribution in [0, 0.1) is 5.41 Å². The van der Waals surface area contributed by atoms with Crippen LogP contribution in [0.15, 0.2) is 0 Å². The highest BCUT2D eigenvalue weighted by Crippen LogP contribution is 2.39. The van der Waals surface area contributed by atoms with Crippen molar-refractivity contribution in [2.24, 2.45) is 5.41 Å². The van der Waals surface area contributed by atoms with E-state index in [0.717, 1.165) is 23.2 Å². The van der Waals surface area contributed by atoms with Crippen molar-refractivity contribution in [2.75, 3.05) is 32.5 Å². The Balaban J connectivity index is 1.97. The molecule has 1 aromatic heterocycles. The third-order valence-electron chi connectivity index (χ3n) is 4.00. The summed E-state index contributed by atoms with van der Waals surface area (Å²) in [5.41, 5.74) is 0.503. The smallest absolute Gasteiger partial charge is 0.205 e. The SMILES string of the molecule is CN(C)CC1(CNc2nnc(C(C)(C)C)s2)CCCC1. The highest BCUT2D eigenvalue weighted by molar-refractivity contribution is 7.15. The molecule has 1 fully saturated rings. The number of hydrogen-bond acceptors (Lipinski definition) is 5. The summed E-state index contributed by atoms with van der Waals surface area (Å²) in [6, 6.07) is 0. The fourth-order valence-electron chi connectivity index (χ4n) is 3.05. The summed E-state index contributed by atoms with van der Waals surface area (Å²) in [4.78, 5) is 2.31. The summed E-state index contributed by atoms with van der Waals surface area (Å²) in [7, 11) is 4.34. The standard InChI is InChI=1S/C15H28N4S/c1-14(2,3)12-17-18-13(20-12)16-10-15(11-19(4)5)8-6-7-9-15/h6-11H2,1-5H3,(H,16,18). The summed E-state index contributed by atoms with van der Waals surface area (Å²) in [6.45, 7) is 8.72. The second-order valence-electron chi connectivity index (χ2n) is 7.46. The van der Waals surface area contributed by atoms with Crippen LogP contribution in [0.2, 0.25) is 0 Å². The van der Waals surface area contributed by atoms with Gasteiger partial charge in [-0.2, -0.15) is 0 Å². The minimum absolute atomic E-state index is 0.0896. The molecule has 5 heteroatoms. The first-order valence-corrected chi connectivity index (χ1v) is 8.35. The van der Waals surface area contributed by atoms with Crippen LogP contribution in [-0.4, -0.2) is 42.3 Å². The van der Waals surface area contributed by atoms with Crippen molar-refractivity contribution in [3.63, 3.8) is 0 Å². The normalized spacial score (nSPS) is 18.7. The van der Waals surface area contributed by atoms with Crippen LogP contribution >= 0.6 is 11.3 Å². The van der Waals surface area contributed by atoms with Gasteiger partial charge in [0.05, 0.1) is 0 Å². The molecule has 4 nitrogen and oxygen atoms in total. The Hall–Kier alpha value is -0.680. The molecule has 1 N–H and O–H groups in total. The van der Waals surface area contributed by atoms with E-state index in [9.17, 15) is 0 Å². The van der Waals surface area contributed by atoms with Crippen LogP contribution in [0.1, 0.15) is 51.5 Å². The average Bonchev–Trinajstić information content (AvgIpc) is 2.93. The lowest BCUT2D eigenvalue weighted by molar-refractivity contribution is 0.215. The molecule has 0 aromatic carbocycles. The minimum atomic E-state index is 0.0896. The van der Waals surface area contributed by atoms with Gasteiger partial charge >= 0.3 is 0 Å². The minimum Gasteiger partial charge on any atom is -0.359 e. The zero-order valence-electron chi connectivity index (χ0n) is 13.5. The third kappa shape index (κ3) is 3.92. The maximum Gasteiger partial charge on any atom is 0.205 e. The number of hydrogen-bond donors (Lipinski definition) is 1. The van der Waals surface area contributed by atoms with Gasteiger partial charge in [-0.3, -0.25) is 0 Å². The molecular formula is C15H28N4S. The first-order chi connectivity index (χ1) is 9.31. The molecule has 1 heterocycles. The zero-order chi connectivity index (χ0) is 14.8. The predicted molar refractivity (Wildman–Crippen MR) is 86.6 cm³/mol. The van der Waals surface area contributed by atoms with Gasteiger partial charge in [0.1, 0.15) is 5.01 Å². The van der Waals surface area contributed by atoms with E-state index in [2.05, 4.69) is 55.3 Å². The van der Waals surface area contributed by atoms with Crippen molar-refractivity contribution in [1.29, 1.82) is 0 Å². The average molecular weight is 296 g/mol. The van der Waals surface area contributed by atoms with Gasteiger partial charge < -0.3 is 10.2 Å². The maximum atomic E-state index is 4.31. The molecule has 0 radical (unpaired) electrons. The topological polar surface area (TPSA) is 41.0 Å². The predicted octanol–water partition coefficient (Wildman–Crippen LogP) is 3.37. The molecule has 1 aliphatic rings. The van der Waals surface area contributed by atoms with Crippen LogP contribution < -0.4 is 5.32 Å². The molecule has 1 aliphatic carbocycles. The highest BCUT2D eigenvalue weighted by atomic mass is 32.1. The fraction of sp³-hybridized carbons (Fsp3) is 0.867. The largest absolute Gasteiger partial charge is 0.359 e. The molecule has 20 heavy (non-hydrogen) atoms. The lowest BCUT2D eigenvalue weighted by Gasteiger charge is -2.32. The van der Waals surface area contributed by atoms with E-state index in [0.29, 0.717) is 5.41 Å². The van der Waals surface area contributed by atoms with E-state index >= 15 is 0 Å². The van der Waals surface area contributed by atoms with E-state index < -0.39 is 0 Å². The number of nitrogens with zero attached hydrogens (tertiary/aromatic N) is 3. The zero-order valence-corrected chi connectivity index (χ0v) is 14.3. The van der Waals surface area contributed by atoms with E-state index in [1.54, 1.807) is 11.3 Å². The molecule has 114 valence electrons. The molecular weight excluding hydrogens is 268 g/mol. The molecule has 0 unspecified atom stereocenters. The van der Waals surface area contributed by atoms with Gasteiger partial charge in [0.15, 0.2) is 0 Å². The van der Waals surface area contributed by atoms with Crippen LogP contribution in [-0.2, 0) is 5.41 Å². The van der Waals surface area contributed by atoms with Gasteiger partial charge in [-0.1, -0.05) is 44.9 Å². The van der Waals surface area contributed by atoms with Gasteiger partial charge in [0, 0.05) is 23.9 Å². The first-order valence-electron chi connectivity index (χ1n) is 7.53. The number of nitrogens with one attached hydrogen (secondary N) is 1. The van der Waals surface area contributed by atoms with Crippen molar-refractivity contribution in [3.8, 4) is 0 Å². The molecule has 0 bridgehead atoms. The summed E-state index contributed by atoms with van der Waals surface area (Å²) >= 11 is 1.69. The Kier molecular flexibility index (Phi) is 4.69. The molecule has 0 spiro atoms. The lowest BCUT2D eigenvalue weighted by atomic mass is 9.85. The van der Waals surface area contributed by atoms with Crippen molar-refractivity contribution < 1.29 is 0 Å². The van der Waals surface area contributed by atoms with Crippen LogP contribution in [0.4, 0.5) is 5.13 Å². The Morgan fingerprint density at radius 2 is 1.85 bits per heavy atom. The molecule has 0 atom stereocenters. The van der Waals surface area contributed by atoms with Crippen molar-refractivity contribution >= 4 is 16.5 Å². The number of rotatable bonds is 5. The van der Waals surface area contributed by atoms with Crippen LogP contribution in [0.25, 0.3) is 0 Å². The van der Waals surface area contributed by atoms with Gasteiger partial charge in [0.2, 0.25) is 5.13 Å². The fourth-order valence-corrected chi connectivity index (χ4v) is 3.84. The van der Waals surface area contributed by atoms with Crippen LogP contribution in [0.3, 0.4) is 0 Å². The van der Waals surface area contributed by atoms with Gasteiger partial charge in [-0.05, 0) is 26.9 Å². The van der Waals surface area contributed by atoms with E-state index in [1.165, 1.54) is 25.7 Å². The number of aromatic nitrogens is 2. The van der Waals surface area contributed by atoms with Gasteiger partial charge in [0.25, 0.3) is 0 Å². The first kappa shape index (κ1) is 15.7. The van der Waals surface area contributed by atoms with Gasteiger partial charge in [-0.15, -0.1) is 10.2 Å². The molecule has 0 amide bonds. The molecule has 0 aliphatic heterocycles. The Labute approximate surface area is 127 Å². The second-order valence-corrected chi connectivity index (χ2v) is 8.44. The number of anilines is 1. The van der Waals surface area contributed by atoms with Crippen molar-refractivity contribution in [1.82, 2.24) is 15.1 Å². The van der Waals surface area contributed by atoms with E-state index in [4.69, 9.17) is 0 Å². The third-order valence-corrected chi connectivity index (χ3v) is 5.30. The summed E-state index contributed by atoms with van der Waals surface area (Å²) in [5.74, 6) is 0. The van der Waals surface area contributed by atoms with E-state index in [1.807, 2.05) is 0 Å². The monoisotopic (exact) mass is 296 g/mol. The summed E-state index contributed by atoms with van der Waals surface area (Å²) in [5, 5.41) is 14.2. The molecule has 2 rings (SSSR count). The second kappa shape index (κ2) is 5.98. The lowest BCUT2D eigenvalue weighted by Crippen LogP contribution is -2.37. The van der Waals surface area contributed by atoms with E-state index in [-0.39, 0.29) is 5.41 Å².